The van der Waals surface area contributed by atoms with Gasteiger partial charge in [0.1, 0.15) is 11.5 Å². The molecule has 318 valence electrons. The van der Waals surface area contributed by atoms with Crippen molar-refractivity contribution in [2.75, 3.05) is 9.80 Å². The Bertz CT molecular complexity index is 3360. The Hall–Kier alpha value is -7.56. The third-order valence-electron chi connectivity index (χ3n) is 14.0. The molecule has 12 rings (SSSR count). The quantitative estimate of drug-likeness (QED) is 0.165. The summed E-state index contributed by atoms with van der Waals surface area (Å²) in [6.07, 6.45) is 0. The Labute approximate surface area is 389 Å². The van der Waals surface area contributed by atoms with Crippen molar-refractivity contribution in [1.82, 2.24) is 0 Å². The maximum absolute atomic E-state index is 7.10. The molecule has 0 aliphatic carbocycles. The standard InChI is InChI=1S/C62H51BN2O/c1-61(2,3)44-36-50-49-25-15-18-28-58(49)66-57-27-17-14-24-48(57)47-23-13-16-26-53(47)65-56-39-45(62(4,5)6)38-55-59(56)63(52(37-44)60(50)65)51-35-43(41-21-11-8-12-22-41)31-34-54(51)64(55)46-32-29-42(30-33-46)40-19-9-7-10-20-40/h7-39H,1-6H3. The molecule has 0 atom stereocenters. The van der Waals surface area contributed by atoms with Crippen LogP contribution in [0.5, 0.6) is 11.5 Å². The van der Waals surface area contributed by atoms with Crippen LogP contribution in [0.2, 0.25) is 0 Å². The summed E-state index contributed by atoms with van der Waals surface area (Å²) in [5, 5.41) is 0. The van der Waals surface area contributed by atoms with Gasteiger partial charge in [-0.1, -0.05) is 187 Å². The fourth-order valence-electron chi connectivity index (χ4n) is 10.5. The first kappa shape index (κ1) is 40.0. The number of benzene rings is 9. The second-order valence-corrected chi connectivity index (χ2v) is 20.2. The average molecular weight is 851 g/mol. The van der Waals surface area contributed by atoms with Gasteiger partial charge in [0.25, 0.3) is 6.71 Å². The number of nitrogens with zero attached hydrogens (tertiary/aromatic N) is 2. The van der Waals surface area contributed by atoms with E-state index in [2.05, 4.69) is 252 Å². The summed E-state index contributed by atoms with van der Waals surface area (Å²) in [5.74, 6) is 1.67. The summed E-state index contributed by atoms with van der Waals surface area (Å²) in [6, 6.07) is 74.0. The van der Waals surface area contributed by atoms with Gasteiger partial charge >= 0.3 is 0 Å². The maximum atomic E-state index is 7.10. The van der Waals surface area contributed by atoms with Crippen molar-refractivity contribution in [3.8, 4) is 56.0 Å². The van der Waals surface area contributed by atoms with Crippen LogP contribution >= 0.6 is 0 Å². The zero-order valence-corrected chi connectivity index (χ0v) is 38.4. The third kappa shape index (κ3) is 6.42. The number of rotatable bonds is 3. The van der Waals surface area contributed by atoms with Crippen LogP contribution in [0.15, 0.2) is 200 Å². The molecular weight excluding hydrogens is 800 g/mol. The Morgan fingerprint density at radius 2 is 0.864 bits per heavy atom. The molecule has 3 nitrogen and oxygen atoms in total. The van der Waals surface area contributed by atoms with Gasteiger partial charge in [-0.25, -0.2) is 0 Å². The molecule has 9 aromatic carbocycles. The average Bonchev–Trinajstić information content (AvgIpc) is 3.33. The molecule has 4 heteroatoms. The van der Waals surface area contributed by atoms with Crippen LogP contribution in [0.3, 0.4) is 0 Å². The maximum Gasteiger partial charge on any atom is 0.252 e. The van der Waals surface area contributed by atoms with E-state index in [4.69, 9.17) is 4.74 Å². The monoisotopic (exact) mass is 850 g/mol. The van der Waals surface area contributed by atoms with E-state index in [9.17, 15) is 0 Å². The van der Waals surface area contributed by atoms with Crippen LogP contribution in [-0.4, -0.2) is 6.71 Å². The molecule has 66 heavy (non-hydrogen) atoms. The molecule has 0 bridgehead atoms. The molecular formula is C62H51BN2O. The Morgan fingerprint density at radius 1 is 0.364 bits per heavy atom. The minimum absolute atomic E-state index is 0.0923. The van der Waals surface area contributed by atoms with Gasteiger partial charge in [-0.3, -0.25) is 0 Å². The third-order valence-corrected chi connectivity index (χ3v) is 14.0. The summed E-state index contributed by atoms with van der Waals surface area (Å²) >= 11 is 0. The Balaban J connectivity index is 1.25. The fourth-order valence-corrected chi connectivity index (χ4v) is 10.5. The van der Waals surface area contributed by atoms with Crippen molar-refractivity contribution < 1.29 is 4.74 Å². The van der Waals surface area contributed by atoms with Crippen LogP contribution in [0.1, 0.15) is 52.7 Å². The lowest BCUT2D eigenvalue weighted by molar-refractivity contribution is 0.486. The number of para-hydroxylation sites is 3. The van der Waals surface area contributed by atoms with E-state index in [1.54, 1.807) is 0 Å². The lowest BCUT2D eigenvalue weighted by atomic mass is 9.33. The summed E-state index contributed by atoms with van der Waals surface area (Å²) in [7, 11) is 0. The Morgan fingerprint density at radius 3 is 1.50 bits per heavy atom. The number of ether oxygens (including phenoxy) is 1. The van der Waals surface area contributed by atoms with Gasteiger partial charge in [-0.2, -0.15) is 0 Å². The van der Waals surface area contributed by atoms with Crippen LogP contribution in [0.4, 0.5) is 34.1 Å². The molecule has 0 saturated carbocycles. The lowest BCUT2D eigenvalue weighted by Gasteiger charge is -2.46. The highest BCUT2D eigenvalue weighted by Gasteiger charge is 2.46. The first-order chi connectivity index (χ1) is 32.0. The molecule has 9 aromatic rings. The van der Waals surface area contributed by atoms with Crippen molar-refractivity contribution in [1.29, 1.82) is 0 Å². The number of fused-ring (bicyclic) bond motifs is 10. The van der Waals surface area contributed by atoms with E-state index in [1.807, 2.05) is 0 Å². The van der Waals surface area contributed by atoms with E-state index in [1.165, 1.54) is 72.5 Å². The normalized spacial score (nSPS) is 13.3. The van der Waals surface area contributed by atoms with Gasteiger partial charge in [0.15, 0.2) is 0 Å². The second-order valence-electron chi connectivity index (χ2n) is 20.2. The van der Waals surface area contributed by atoms with Crippen molar-refractivity contribution in [2.45, 2.75) is 52.4 Å². The highest BCUT2D eigenvalue weighted by atomic mass is 16.5. The molecule has 0 spiro atoms. The van der Waals surface area contributed by atoms with Crippen molar-refractivity contribution in [3.63, 3.8) is 0 Å². The first-order valence-corrected chi connectivity index (χ1v) is 23.3. The van der Waals surface area contributed by atoms with Gasteiger partial charge < -0.3 is 14.5 Å². The largest absolute Gasteiger partial charge is 0.456 e. The number of anilines is 6. The van der Waals surface area contributed by atoms with Crippen molar-refractivity contribution in [3.05, 3.63) is 211 Å². The predicted molar refractivity (Wildman–Crippen MR) is 280 cm³/mol. The molecule has 3 aliphatic heterocycles. The molecule has 0 saturated heterocycles. The van der Waals surface area contributed by atoms with E-state index >= 15 is 0 Å². The highest BCUT2D eigenvalue weighted by molar-refractivity contribution is 7.00. The molecule has 0 aromatic heterocycles. The summed E-state index contributed by atoms with van der Waals surface area (Å²) in [5.41, 5.74) is 22.4. The minimum atomic E-state index is -0.163. The molecule has 0 fully saturated rings. The number of hydrogen-bond donors (Lipinski definition) is 0. The Kier molecular flexibility index (Phi) is 9.09. The molecule has 0 amide bonds. The van der Waals surface area contributed by atoms with Gasteiger partial charge in [-0.15, -0.1) is 0 Å². The molecule has 3 aliphatic rings. The molecule has 0 N–H and O–H groups in total. The fraction of sp³-hybridized carbons (Fsp3) is 0.129. The van der Waals surface area contributed by atoms with Gasteiger partial charge in [0.2, 0.25) is 0 Å². The molecule has 0 radical (unpaired) electrons. The first-order valence-electron chi connectivity index (χ1n) is 23.3. The minimum Gasteiger partial charge on any atom is -0.456 e. The van der Waals surface area contributed by atoms with E-state index in [0.717, 1.165) is 45.1 Å². The number of hydrogen-bond acceptors (Lipinski definition) is 3. The molecule has 0 unspecified atom stereocenters. The van der Waals surface area contributed by atoms with Crippen LogP contribution in [0.25, 0.3) is 44.5 Å². The summed E-state index contributed by atoms with van der Waals surface area (Å²) < 4.78 is 7.10. The zero-order valence-electron chi connectivity index (χ0n) is 38.4. The SMILES string of the molecule is CC(C)(C)c1cc2c3c(c1)-c1ccccc1Oc1ccccc1-c1ccccc1N3c1cc(C(C)(C)C)cc3c1B2c1cc(-c2ccccc2)ccc1N3c1ccc(-c2ccccc2)cc1. The molecule has 3 heterocycles. The summed E-state index contributed by atoms with van der Waals surface area (Å²) in [4.78, 5) is 5.17. The van der Waals surface area contributed by atoms with Crippen molar-refractivity contribution in [2.24, 2.45) is 0 Å². The van der Waals surface area contributed by atoms with Gasteiger partial charge in [0, 0.05) is 50.7 Å². The van der Waals surface area contributed by atoms with E-state index in [-0.39, 0.29) is 17.5 Å². The summed E-state index contributed by atoms with van der Waals surface area (Å²) in [6.45, 7) is 14.0. The van der Waals surface area contributed by atoms with Crippen molar-refractivity contribution >= 4 is 57.2 Å². The van der Waals surface area contributed by atoms with E-state index in [0.29, 0.717) is 0 Å². The van der Waals surface area contributed by atoms with E-state index < -0.39 is 0 Å². The van der Waals surface area contributed by atoms with Crippen LogP contribution in [-0.2, 0) is 10.8 Å². The lowest BCUT2D eigenvalue weighted by Crippen LogP contribution is -2.62. The van der Waals surface area contributed by atoms with Crippen LogP contribution < -0.4 is 30.9 Å². The predicted octanol–water partition coefficient (Wildman–Crippen LogP) is 15.1. The second kappa shape index (κ2) is 15.0. The van der Waals surface area contributed by atoms with Crippen LogP contribution in [0, 0.1) is 0 Å². The topological polar surface area (TPSA) is 15.7 Å². The highest BCUT2D eigenvalue weighted by Crippen LogP contribution is 2.54. The van der Waals surface area contributed by atoms with Gasteiger partial charge in [-0.05, 0) is 115 Å². The van der Waals surface area contributed by atoms with Gasteiger partial charge in [0.05, 0.1) is 5.69 Å². The smallest absolute Gasteiger partial charge is 0.252 e. The zero-order chi connectivity index (χ0) is 44.9.